The fourth-order valence-electron chi connectivity index (χ4n) is 3.91. The van der Waals surface area contributed by atoms with Crippen LogP contribution >= 0.6 is 0 Å². The maximum Gasteiger partial charge on any atom is 0.276 e. The second kappa shape index (κ2) is 6.40. The Morgan fingerprint density at radius 1 is 0.963 bits per heavy atom. The van der Waals surface area contributed by atoms with Gasteiger partial charge in [-0.05, 0) is 41.3 Å². The summed E-state index contributed by atoms with van der Waals surface area (Å²) in [6.07, 6.45) is 2.00. The van der Waals surface area contributed by atoms with Crippen molar-refractivity contribution in [1.82, 2.24) is 10.2 Å². The standard InChI is InChI=1S/C23H19N3O/c27-23(26-14-6-10-17-8-2-4-13-22(17)26)21-15-20(24-25-21)19-12-5-9-16-7-1-3-11-18(16)19/h1-5,7-9,11-13,15H,6,10,14H2,(H,24,25). The van der Waals surface area contributed by atoms with Crippen LogP contribution in [0.1, 0.15) is 22.5 Å². The van der Waals surface area contributed by atoms with E-state index in [4.69, 9.17) is 0 Å². The highest BCUT2D eigenvalue weighted by atomic mass is 16.2. The number of amides is 1. The molecule has 132 valence electrons. The number of anilines is 1. The molecule has 5 rings (SSSR count). The van der Waals surface area contributed by atoms with Gasteiger partial charge in [0.2, 0.25) is 0 Å². The van der Waals surface area contributed by atoms with Gasteiger partial charge in [-0.15, -0.1) is 0 Å². The van der Waals surface area contributed by atoms with E-state index in [1.807, 2.05) is 53.4 Å². The Morgan fingerprint density at radius 2 is 1.78 bits per heavy atom. The van der Waals surface area contributed by atoms with Gasteiger partial charge in [0.25, 0.3) is 5.91 Å². The molecule has 0 radical (unpaired) electrons. The number of hydrogen-bond acceptors (Lipinski definition) is 2. The van der Waals surface area contributed by atoms with Gasteiger partial charge in [-0.1, -0.05) is 60.7 Å². The molecule has 1 aliphatic rings. The third-order valence-electron chi connectivity index (χ3n) is 5.23. The van der Waals surface area contributed by atoms with Crippen LogP contribution in [-0.4, -0.2) is 22.6 Å². The molecule has 4 nitrogen and oxygen atoms in total. The molecular weight excluding hydrogens is 334 g/mol. The number of H-pyrrole nitrogens is 1. The summed E-state index contributed by atoms with van der Waals surface area (Å²) in [7, 11) is 0. The Balaban J connectivity index is 1.52. The van der Waals surface area contributed by atoms with Crippen LogP contribution in [-0.2, 0) is 6.42 Å². The summed E-state index contributed by atoms with van der Waals surface area (Å²) in [6, 6.07) is 24.4. The average Bonchev–Trinajstić information content (AvgIpc) is 3.22. The van der Waals surface area contributed by atoms with Gasteiger partial charge in [0.15, 0.2) is 0 Å². The molecular formula is C23H19N3O. The van der Waals surface area contributed by atoms with E-state index in [9.17, 15) is 4.79 Å². The predicted molar refractivity (Wildman–Crippen MR) is 108 cm³/mol. The number of aryl methyl sites for hydroxylation is 1. The van der Waals surface area contributed by atoms with E-state index in [1.165, 1.54) is 5.56 Å². The number of carbonyl (C=O) groups is 1. The third kappa shape index (κ3) is 2.70. The van der Waals surface area contributed by atoms with Gasteiger partial charge in [-0.2, -0.15) is 5.10 Å². The van der Waals surface area contributed by atoms with Crippen molar-refractivity contribution in [3.05, 3.63) is 84.1 Å². The number of para-hydroxylation sites is 1. The van der Waals surface area contributed by atoms with E-state index in [0.29, 0.717) is 5.69 Å². The molecule has 0 bridgehead atoms. The van der Waals surface area contributed by atoms with Gasteiger partial charge in [-0.25, -0.2) is 0 Å². The molecule has 2 heterocycles. The first-order chi connectivity index (χ1) is 13.3. The van der Waals surface area contributed by atoms with Crippen molar-refractivity contribution in [3.63, 3.8) is 0 Å². The van der Waals surface area contributed by atoms with Crippen molar-refractivity contribution in [2.45, 2.75) is 12.8 Å². The van der Waals surface area contributed by atoms with Crippen LogP contribution in [0.15, 0.2) is 72.8 Å². The smallest absolute Gasteiger partial charge is 0.276 e. The molecule has 1 N–H and O–H groups in total. The fourth-order valence-corrected chi connectivity index (χ4v) is 3.91. The summed E-state index contributed by atoms with van der Waals surface area (Å²) in [5.74, 6) is -0.0267. The van der Waals surface area contributed by atoms with Crippen LogP contribution in [0.25, 0.3) is 22.0 Å². The minimum atomic E-state index is -0.0267. The number of fused-ring (bicyclic) bond motifs is 2. The summed E-state index contributed by atoms with van der Waals surface area (Å²) < 4.78 is 0. The van der Waals surface area contributed by atoms with E-state index < -0.39 is 0 Å². The molecule has 0 spiro atoms. The molecule has 0 saturated carbocycles. The molecule has 4 heteroatoms. The maximum atomic E-state index is 13.1. The highest BCUT2D eigenvalue weighted by Gasteiger charge is 2.24. The number of carbonyl (C=O) groups excluding carboxylic acids is 1. The molecule has 0 atom stereocenters. The van der Waals surface area contributed by atoms with Gasteiger partial charge in [0.05, 0.1) is 5.69 Å². The zero-order valence-corrected chi connectivity index (χ0v) is 14.9. The van der Waals surface area contributed by atoms with Crippen LogP contribution in [0.3, 0.4) is 0 Å². The number of hydrogen-bond donors (Lipinski definition) is 1. The van der Waals surface area contributed by atoms with Crippen LogP contribution in [0.5, 0.6) is 0 Å². The number of aromatic amines is 1. The van der Waals surface area contributed by atoms with Gasteiger partial charge < -0.3 is 4.90 Å². The number of nitrogens with one attached hydrogen (secondary N) is 1. The first-order valence-corrected chi connectivity index (χ1v) is 9.24. The molecule has 0 aliphatic carbocycles. The largest absolute Gasteiger partial charge is 0.307 e. The lowest BCUT2D eigenvalue weighted by Gasteiger charge is -2.28. The molecule has 0 saturated heterocycles. The highest BCUT2D eigenvalue weighted by molar-refractivity contribution is 6.06. The Labute approximate surface area is 157 Å². The highest BCUT2D eigenvalue weighted by Crippen LogP contribution is 2.30. The SMILES string of the molecule is O=C(c1cc(-c2cccc3ccccc23)n[nH]1)N1CCCc2ccccc21. The lowest BCUT2D eigenvalue weighted by Crippen LogP contribution is -2.35. The monoisotopic (exact) mass is 353 g/mol. The zero-order valence-electron chi connectivity index (χ0n) is 14.9. The van der Waals surface area contributed by atoms with E-state index >= 15 is 0 Å². The van der Waals surface area contributed by atoms with E-state index in [-0.39, 0.29) is 5.91 Å². The Kier molecular flexibility index (Phi) is 3.75. The predicted octanol–water partition coefficient (Wildman–Crippen LogP) is 4.82. The number of nitrogens with zero attached hydrogens (tertiary/aromatic N) is 2. The topological polar surface area (TPSA) is 49.0 Å². The summed E-state index contributed by atoms with van der Waals surface area (Å²) >= 11 is 0. The van der Waals surface area contributed by atoms with Crippen molar-refractivity contribution >= 4 is 22.4 Å². The first-order valence-electron chi connectivity index (χ1n) is 9.24. The molecule has 1 amide bonds. The lowest BCUT2D eigenvalue weighted by molar-refractivity contribution is 0.0980. The lowest BCUT2D eigenvalue weighted by atomic mass is 10.0. The second-order valence-corrected chi connectivity index (χ2v) is 6.88. The maximum absolute atomic E-state index is 13.1. The Morgan fingerprint density at radius 3 is 2.74 bits per heavy atom. The normalized spacial score (nSPS) is 13.6. The first kappa shape index (κ1) is 15.8. The summed E-state index contributed by atoms with van der Waals surface area (Å²) in [5, 5.41) is 9.69. The van der Waals surface area contributed by atoms with Crippen molar-refractivity contribution in [3.8, 4) is 11.3 Å². The number of rotatable bonds is 2. The van der Waals surface area contributed by atoms with Crippen LogP contribution in [0, 0.1) is 0 Å². The van der Waals surface area contributed by atoms with Gasteiger partial charge in [0, 0.05) is 17.8 Å². The minimum absolute atomic E-state index is 0.0267. The van der Waals surface area contributed by atoms with Crippen LogP contribution < -0.4 is 4.90 Å². The quantitative estimate of drug-likeness (QED) is 0.561. The van der Waals surface area contributed by atoms with E-state index in [0.717, 1.165) is 47.1 Å². The average molecular weight is 353 g/mol. The van der Waals surface area contributed by atoms with Crippen molar-refractivity contribution in [2.24, 2.45) is 0 Å². The molecule has 3 aromatic carbocycles. The Bertz CT molecular complexity index is 1140. The summed E-state index contributed by atoms with van der Waals surface area (Å²) in [5.41, 5.74) is 4.58. The molecule has 4 aromatic rings. The fraction of sp³-hybridized carbons (Fsp3) is 0.130. The van der Waals surface area contributed by atoms with E-state index in [2.05, 4.69) is 34.5 Å². The van der Waals surface area contributed by atoms with Gasteiger partial charge in [-0.3, -0.25) is 9.89 Å². The summed E-state index contributed by atoms with van der Waals surface area (Å²) in [6.45, 7) is 0.735. The van der Waals surface area contributed by atoms with Crippen molar-refractivity contribution < 1.29 is 4.79 Å². The number of aromatic nitrogens is 2. The Hall–Kier alpha value is -3.40. The molecule has 1 aliphatic heterocycles. The van der Waals surface area contributed by atoms with E-state index in [1.54, 1.807) is 0 Å². The molecule has 0 unspecified atom stereocenters. The zero-order chi connectivity index (χ0) is 18.2. The van der Waals surface area contributed by atoms with Crippen molar-refractivity contribution in [2.75, 3.05) is 11.4 Å². The summed E-state index contributed by atoms with van der Waals surface area (Å²) in [4.78, 5) is 15.0. The third-order valence-corrected chi connectivity index (χ3v) is 5.23. The van der Waals surface area contributed by atoms with Crippen LogP contribution in [0.2, 0.25) is 0 Å². The number of benzene rings is 3. The van der Waals surface area contributed by atoms with Gasteiger partial charge >= 0.3 is 0 Å². The molecule has 0 fully saturated rings. The van der Waals surface area contributed by atoms with Crippen LogP contribution in [0.4, 0.5) is 5.69 Å². The molecule has 27 heavy (non-hydrogen) atoms. The second-order valence-electron chi connectivity index (χ2n) is 6.88. The van der Waals surface area contributed by atoms with Crippen molar-refractivity contribution in [1.29, 1.82) is 0 Å². The minimum Gasteiger partial charge on any atom is -0.307 e. The molecule has 1 aromatic heterocycles. The van der Waals surface area contributed by atoms with Gasteiger partial charge in [0.1, 0.15) is 5.69 Å².